The first-order valence-corrected chi connectivity index (χ1v) is 10.8. The van der Waals surface area contributed by atoms with Crippen LogP contribution in [-0.2, 0) is 4.79 Å². The summed E-state index contributed by atoms with van der Waals surface area (Å²) in [5, 5.41) is 12.1. The zero-order valence-corrected chi connectivity index (χ0v) is 19.1. The van der Waals surface area contributed by atoms with Gasteiger partial charge in [0.2, 0.25) is 0 Å². The van der Waals surface area contributed by atoms with Gasteiger partial charge in [-0.2, -0.15) is 4.80 Å². The Labute approximate surface area is 188 Å². The second-order valence-electron chi connectivity index (χ2n) is 8.50. The lowest BCUT2D eigenvalue weighted by atomic mass is 10.0. The Morgan fingerprint density at radius 1 is 0.938 bits per heavy atom. The molecule has 0 fully saturated rings. The van der Waals surface area contributed by atoms with Crippen LogP contribution in [0, 0.1) is 20.8 Å². The molecule has 6 heteroatoms. The maximum atomic E-state index is 12.5. The third-order valence-corrected chi connectivity index (χ3v) is 5.48. The standard InChI is InChI=1S/C26H28N4O2/c1-16(2)20-7-9-21(10-8-20)30-28-23-13-18(4)22(14-24(23)29-30)27-26(31)15-32-25-11-6-17(3)12-19(25)5/h6-14,16H,15H2,1-5H3,(H,27,31). The van der Waals surface area contributed by atoms with Crippen molar-refractivity contribution in [2.75, 3.05) is 11.9 Å². The highest BCUT2D eigenvalue weighted by molar-refractivity contribution is 5.95. The highest BCUT2D eigenvalue weighted by atomic mass is 16.5. The van der Waals surface area contributed by atoms with Gasteiger partial charge in [-0.15, -0.1) is 10.2 Å². The summed E-state index contributed by atoms with van der Waals surface area (Å²) in [5.41, 5.74) is 7.45. The van der Waals surface area contributed by atoms with E-state index >= 15 is 0 Å². The van der Waals surface area contributed by atoms with Gasteiger partial charge in [-0.25, -0.2) is 0 Å². The number of fused-ring (bicyclic) bond motifs is 1. The van der Waals surface area contributed by atoms with Crippen molar-refractivity contribution >= 4 is 22.6 Å². The number of amides is 1. The molecule has 32 heavy (non-hydrogen) atoms. The number of rotatable bonds is 6. The van der Waals surface area contributed by atoms with Crippen LogP contribution in [0.2, 0.25) is 0 Å². The maximum Gasteiger partial charge on any atom is 0.262 e. The third kappa shape index (κ3) is 4.64. The van der Waals surface area contributed by atoms with Gasteiger partial charge in [0.05, 0.1) is 5.69 Å². The van der Waals surface area contributed by atoms with E-state index in [0.717, 1.165) is 27.9 Å². The van der Waals surface area contributed by atoms with E-state index in [1.807, 2.05) is 63.2 Å². The topological polar surface area (TPSA) is 69.0 Å². The van der Waals surface area contributed by atoms with Crippen molar-refractivity contribution in [3.05, 3.63) is 76.9 Å². The van der Waals surface area contributed by atoms with Crippen LogP contribution in [0.5, 0.6) is 5.75 Å². The van der Waals surface area contributed by atoms with Crippen molar-refractivity contribution in [2.24, 2.45) is 0 Å². The van der Waals surface area contributed by atoms with E-state index in [4.69, 9.17) is 4.74 Å². The SMILES string of the molecule is Cc1ccc(OCC(=O)Nc2cc3nn(-c4ccc(C(C)C)cc4)nc3cc2C)c(C)c1. The number of anilines is 1. The molecule has 0 aliphatic heterocycles. The van der Waals surface area contributed by atoms with Crippen LogP contribution in [0.25, 0.3) is 16.7 Å². The molecule has 1 amide bonds. The van der Waals surface area contributed by atoms with E-state index in [1.165, 1.54) is 5.56 Å². The lowest BCUT2D eigenvalue weighted by Gasteiger charge is -2.11. The largest absolute Gasteiger partial charge is 0.483 e. The molecule has 0 saturated heterocycles. The van der Waals surface area contributed by atoms with Crippen molar-refractivity contribution in [1.29, 1.82) is 0 Å². The van der Waals surface area contributed by atoms with Crippen molar-refractivity contribution < 1.29 is 9.53 Å². The molecule has 0 radical (unpaired) electrons. The Kier molecular flexibility index (Phi) is 5.95. The van der Waals surface area contributed by atoms with Crippen LogP contribution in [0.4, 0.5) is 5.69 Å². The third-order valence-electron chi connectivity index (χ3n) is 5.48. The van der Waals surface area contributed by atoms with Crippen LogP contribution >= 0.6 is 0 Å². The molecule has 0 aliphatic carbocycles. The Morgan fingerprint density at radius 3 is 2.28 bits per heavy atom. The van der Waals surface area contributed by atoms with E-state index in [-0.39, 0.29) is 12.5 Å². The first-order valence-electron chi connectivity index (χ1n) is 10.8. The van der Waals surface area contributed by atoms with Gasteiger partial charge in [-0.1, -0.05) is 43.7 Å². The van der Waals surface area contributed by atoms with Crippen molar-refractivity contribution in [1.82, 2.24) is 15.0 Å². The monoisotopic (exact) mass is 428 g/mol. The van der Waals surface area contributed by atoms with Crippen LogP contribution in [-0.4, -0.2) is 27.5 Å². The maximum absolute atomic E-state index is 12.5. The van der Waals surface area contributed by atoms with Gasteiger partial charge >= 0.3 is 0 Å². The first kappa shape index (κ1) is 21.6. The molecular formula is C26H28N4O2. The summed E-state index contributed by atoms with van der Waals surface area (Å²) in [6.45, 7) is 10.2. The van der Waals surface area contributed by atoms with Crippen LogP contribution < -0.4 is 10.1 Å². The van der Waals surface area contributed by atoms with Crippen LogP contribution in [0.15, 0.2) is 54.6 Å². The lowest BCUT2D eigenvalue weighted by Crippen LogP contribution is -2.20. The molecule has 1 N–H and O–H groups in total. The Morgan fingerprint density at radius 2 is 1.62 bits per heavy atom. The van der Waals surface area contributed by atoms with E-state index < -0.39 is 0 Å². The van der Waals surface area contributed by atoms with Gasteiger partial charge in [-0.05, 0) is 73.7 Å². The zero-order chi connectivity index (χ0) is 22.8. The minimum atomic E-state index is -0.218. The zero-order valence-electron chi connectivity index (χ0n) is 19.1. The smallest absolute Gasteiger partial charge is 0.262 e. The molecular weight excluding hydrogens is 400 g/mol. The van der Waals surface area contributed by atoms with E-state index in [9.17, 15) is 4.79 Å². The number of benzene rings is 3. The quantitative estimate of drug-likeness (QED) is 0.441. The number of hydrogen-bond acceptors (Lipinski definition) is 4. The summed E-state index contributed by atoms with van der Waals surface area (Å²) < 4.78 is 5.70. The molecule has 1 aromatic heterocycles. The van der Waals surface area contributed by atoms with Crippen molar-refractivity contribution in [3.63, 3.8) is 0 Å². The van der Waals surface area contributed by atoms with E-state index in [0.29, 0.717) is 22.9 Å². The van der Waals surface area contributed by atoms with Gasteiger partial charge in [0.15, 0.2) is 6.61 Å². The van der Waals surface area contributed by atoms with Crippen LogP contribution in [0.1, 0.15) is 42.0 Å². The molecule has 0 bridgehead atoms. The van der Waals surface area contributed by atoms with E-state index in [2.05, 4.69) is 41.5 Å². The number of nitrogens with one attached hydrogen (secondary N) is 1. The summed E-state index contributed by atoms with van der Waals surface area (Å²) in [6, 6.07) is 17.9. The second kappa shape index (κ2) is 8.83. The predicted octanol–water partition coefficient (Wildman–Crippen LogP) is 5.49. The molecule has 4 rings (SSSR count). The Balaban J connectivity index is 1.49. The summed E-state index contributed by atoms with van der Waals surface area (Å²) in [4.78, 5) is 14.1. The fourth-order valence-corrected chi connectivity index (χ4v) is 3.60. The predicted molar refractivity (Wildman–Crippen MR) is 128 cm³/mol. The minimum absolute atomic E-state index is 0.0593. The molecule has 3 aromatic carbocycles. The van der Waals surface area contributed by atoms with Crippen molar-refractivity contribution in [2.45, 2.75) is 40.5 Å². The van der Waals surface area contributed by atoms with Gasteiger partial charge in [0.25, 0.3) is 5.91 Å². The number of nitrogens with zero attached hydrogens (tertiary/aromatic N) is 3. The van der Waals surface area contributed by atoms with Gasteiger partial charge in [0.1, 0.15) is 16.8 Å². The van der Waals surface area contributed by atoms with E-state index in [1.54, 1.807) is 4.80 Å². The van der Waals surface area contributed by atoms with Gasteiger partial charge in [0, 0.05) is 5.69 Å². The van der Waals surface area contributed by atoms with Gasteiger partial charge < -0.3 is 10.1 Å². The number of ether oxygens (including phenoxy) is 1. The molecule has 0 saturated carbocycles. The Hall–Kier alpha value is -3.67. The normalized spacial score (nSPS) is 11.2. The number of aryl methyl sites for hydroxylation is 3. The molecule has 0 aliphatic rings. The molecule has 4 aromatic rings. The fraction of sp³-hybridized carbons (Fsp3) is 0.269. The average molecular weight is 429 g/mol. The van der Waals surface area contributed by atoms with Crippen LogP contribution in [0.3, 0.4) is 0 Å². The summed E-state index contributed by atoms with van der Waals surface area (Å²) in [7, 11) is 0. The highest BCUT2D eigenvalue weighted by Gasteiger charge is 2.12. The summed E-state index contributed by atoms with van der Waals surface area (Å²) in [5.74, 6) is 0.967. The molecule has 0 spiro atoms. The number of carbonyl (C=O) groups excluding carboxylic acids is 1. The summed E-state index contributed by atoms with van der Waals surface area (Å²) >= 11 is 0. The van der Waals surface area contributed by atoms with Gasteiger partial charge in [-0.3, -0.25) is 4.79 Å². The molecule has 1 heterocycles. The summed E-state index contributed by atoms with van der Waals surface area (Å²) in [6.07, 6.45) is 0. The first-order chi connectivity index (χ1) is 15.3. The highest BCUT2D eigenvalue weighted by Crippen LogP contribution is 2.23. The Bertz CT molecular complexity index is 1270. The average Bonchev–Trinajstić information content (AvgIpc) is 3.16. The number of aromatic nitrogens is 3. The molecule has 6 nitrogen and oxygen atoms in total. The molecule has 0 atom stereocenters. The number of carbonyl (C=O) groups is 1. The fourth-order valence-electron chi connectivity index (χ4n) is 3.60. The second-order valence-corrected chi connectivity index (χ2v) is 8.50. The molecule has 164 valence electrons. The lowest BCUT2D eigenvalue weighted by molar-refractivity contribution is -0.118. The molecule has 0 unspecified atom stereocenters. The van der Waals surface area contributed by atoms with Crippen molar-refractivity contribution in [3.8, 4) is 11.4 Å². The number of hydrogen-bond donors (Lipinski definition) is 1. The minimum Gasteiger partial charge on any atom is -0.483 e.